The summed E-state index contributed by atoms with van der Waals surface area (Å²) in [7, 11) is 0. The summed E-state index contributed by atoms with van der Waals surface area (Å²) in [5.74, 6) is 0.469. The number of benzene rings is 2. The molecule has 0 atom stereocenters. The van der Waals surface area contributed by atoms with Crippen molar-refractivity contribution in [2.24, 2.45) is 0 Å². The molecule has 0 saturated heterocycles. The third-order valence-corrected chi connectivity index (χ3v) is 4.09. The van der Waals surface area contributed by atoms with Crippen LogP contribution in [-0.4, -0.2) is 24.6 Å². The van der Waals surface area contributed by atoms with Crippen molar-refractivity contribution in [2.75, 3.05) is 11.9 Å². The molecule has 0 aliphatic carbocycles. The molecule has 0 aliphatic heterocycles. The Labute approximate surface area is 167 Å². The molecule has 2 rings (SSSR count). The van der Waals surface area contributed by atoms with Gasteiger partial charge >= 0.3 is 6.03 Å². The molecule has 144 valence electrons. The molecule has 27 heavy (non-hydrogen) atoms. The van der Waals surface area contributed by atoms with E-state index in [0.717, 1.165) is 21.3 Å². The largest absolute Gasteiger partial charge is 0.491 e. The molecule has 0 fully saturated rings. The zero-order valence-corrected chi connectivity index (χ0v) is 17.2. The van der Waals surface area contributed by atoms with Crippen LogP contribution in [0.2, 0.25) is 0 Å². The van der Waals surface area contributed by atoms with Crippen molar-refractivity contribution >= 4 is 33.6 Å². The van der Waals surface area contributed by atoms with E-state index in [4.69, 9.17) is 4.74 Å². The van der Waals surface area contributed by atoms with Crippen LogP contribution in [0.15, 0.2) is 46.9 Å². The Morgan fingerprint density at radius 2 is 1.89 bits per heavy atom. The van der Waals surface area contributed by atoms with Crippen molar-refractivity contribution in [1.82, 2.24) is 10.6 Å². The molecule has 0 aliphatic rings. The molecular formula is C20H24BrN3O3. The Morgan fingerprint density at radius 3 is 2.59 bits per heavy atom. The Hall–Kier alpha value is -2.54. The zero-order chi connectivity index (χ0) is 19.8. The molecule has 0 saturated carbocycles. The summed E-state index contributed by atoms with van der Waals surface area (Å²) >= 11 is 3.38. The first-order valence-electron chi connectivity index (χ1n) is 8.67. The monoisotopic (exact) mass is 433 g/mol. The number of anilines is 1. The summed E-state index contributed by atoms with van der Waals surface area (Å²) in [6.07, 6.45) is 0.0874. The second kappa shape index (κ2) is 9.97. The maximum atomic E-state index is 12.0. The van der Waals surface area contributed by atoms with Gasteiger partial charge in [0.2, 0.25) is 5.91 Å². The highest BCUT2D eigenvalue weighted by atomic mass is 79.9. The number of halogens is 1. The highest BCUT2D eigenvalue weighted by Gasteiger charge is 2.08. The van der Waals surface area contributed by atoms with Gasteiger partial charge in [-0.2, -0.15) is 0 Å². The first-order valence-corrected chi connectivity index (χ1v) is 9.46. The quantitative estimate of drug-likeness (QED) is 0.617. The predicted molar refractivity (Wildman–Crippen MR) is 110 cm³/mol. The van der Waals surface area contributed by atoms with Crippen LogP contribution in [0.25, 0.3) is 0 Å². The van der Waals surface area contributed by atoms with Crippen molar-refractivity contribution in [3.8, 4) is 5.75 Å². The minimum absolute atomic E-state index is 0.0874. The van der Waals surface area contributed by atoms with Crippen molar-refractivity contribution in [1.29, 1.82) is 0 Å². The maximum Gasteiger partial charge on any atom is 0.315 e. The molecular weight excluding hydrogens is 410 g/mol. The molecule has 0 spiro atoms. The van der Waals surface area contributed by atoms with Crippen LogP contribution in [0, 0.1) is 6.92 Å². The fraction of sp³-hybridized carbons (Fsp3) is 0.300. The molecule has 0 aromatic heterocycles. The Morgan fingerprint density at radius 1 is 1.11 bits per heavy atom. The van der Waals surface area contributed by atoms with E-state index in [1.54, 1.807) is 0 Å². The minimum Gasteiger partial charge on any atom is -0.491 e. The molecule has 2 aromatic carbocycles. The van der Waals surface area contributed by atoms with Gasteiger partial charge in [-0.25, -0.2) is 4.79 Å². The van der Waals surface area contributed by atoms with Gasteiger partial charge < -0.3 is 20.7 Å². The van der Waals surface area contributed by atoms with Crippen LogP contribution in [0.5, 0.6) is 5.75 Å². The number of rotatable bonds is 7. The maximum absolute atomic E-state index is 12.0. The third kappa shape index (κ3) is 7.30. The lowest BCUT2D eigenvalue weighted by atomic mass is 10.2. The lowest BCUT2D eigenvalue weighted by molar-refractivity contribution is -0.115. The Balaban J connectivity index is 1.76. The number of hydrogen-bond acceptors (Lipinski definition) is 3. The number of amides is 3. The molecule has 0 radical (unpaired) electrons. The summed E-state index contributed by atoms with van der Waals surface area (Å²) in [5, 5.41) is 8.05. The highest BCUT2D eigenvalue weighted by molar-refractivity contribution is 9.10. The van der Waals surface area contributed by atoms with Crippen LogP contribution >= 0.6 is 15.9 Å². The number of carbonyl (C=O) groups excluding carboxylic acids is 2. The van der Waals surface area contributed by atoms with Gasteiger partial charge in [-0.1, -0.05) is 28.1 Å². The lowest BCUT2D eigenvalue weighted by Gasteiger charge is -2.12. The second-order valence-electron chi connectivity index (χ2n) is 6.36. The lowest BCUT2D eigenvalue weighted by Crippen LogP contribution is -2.39. The number of nitrogens with one attached hydrogen (secondary N) is 3. The SMILES string of the molecule is Cc1cc(Br)ccc1NC(=O)CNC(=O)NCc1cccc(OC(C)C)c1. The molecule has 3 amide bonds. The standard InChI is InChI=1S/C20H24BrN3O3/c1-13(2)27-17-6-4-5-15(10-17)11-22-20(26)23-12-19(25)24-18-8-7-16(21)9-14(18)3/h4-10,13H,11-12H2,1-3H3,(H,24,25)(H2,22,23,26). The molecule has 7 heteroatoms. The Bertz CT molecular complexity index is 809. The number of aryl methyl sites for hydroxylation is 1. The average Bonchev–Trinajstić information content (AvgIpc) is 2.60. The molecule has 0 heterocycles. The van der Waals surface area contributed by atoms with Crippen molar-refractivity contribution < 1.29 is 14.3 Å². The van der Waals surface area contributed by atoms with Crippen LogP contribution in [0.1, 0.15) is 25.0 Å². The molecule has 2 aromatic rings. The fourth-order valence-electron chi connectivity index (χ4n) is 2.37. The zero-order valence-electron chi connectivity index (χ0n) is 15.6. The van der Waals surface area contributed by atoms with Crippen molar-refractivity contribution in [3.63, 3.8) is 0 Å². The average molecular weight is 434 g/mol. The topological polar surface area (TPSA) is 79.5 Å². The van der Waals surface area contributed by atoms with Gasteiger partial charge in [0.05, 0.1) is 12.6 Å². The number of urea groups is 1. The van der Waals surface area contributed by atoms with Crippen LogP contribution in [-0.2, 0) is 11.3 Å². The van der Waals surface area contributed by atoms with Crippen LogP contribution in [0.3, 0.4) is 0 Å². The molecule has 0 bridgehead atoms. The van der Waals surface area contributed by atoms with E-state index in [0.29, 0.717) is 12.2 Å². The van der Waals surface area contributed by atoms with Gasteiger partial charge in [0.1, 0.15) is 5.75 Å². The Kier molecular flexibility index (Phi) is 7.67. The summed E-state index contributed by atoms with van der Waals surface area (Å²) in [5.41, 5.74) is 2.57. The van der Waals surface area contributed by atoms with E-state index < -0.39 is 6.03 Å². The number of hydrogen-bond donors (Lipinski definition) is 3. The van der Waals surface area contributed by atoms with Gasteiger partial charge in [-0.05, 0) is 62.2 Å². The second-order valence-corrected chi connectivity index (χ2v) is 7.27. The van der Waals surface area contributed by atoms with Crippen LogP contribution < -0.4 is 20.7 Å². The smallest absolute Gasteiger partial charge is 0.315 e. The molecule has 0 unspecified atom stereocenters. The first kappa shape index (κ1) is 20.8. The van der Waals surface area contributed by atoms with Gasteiger partial charge in [0.15, 0.2) is 0 Å². The van der Waals surface area contributed by atoms with Crippen molar-refractivity contribution in [3.05, 3.63) is 58.1 Å². The normalized spacial score (nSPS) is 10.4. The first-order chi connectivity index (χ1) is 12.8. The fourth-order valence-corrected chi connectivity index (χ4v) is 2.84. The van der Waals surface area contributed by atoms with Gasteiger partial charge in [-0.3, -0.25) is 4.79 Å². The van der Waals surface area contributed by atoms with Gasteiger partial charge in [0, 0.05) is 16.7 Å². The van der Waals surface area contributed by atoms with E-state index in [1.165, 1.54) is 0 Å². The highest BCUT2D eigenvalue weighted by Crippen LogP contribution is 2.19. The van der Waals surface area contributed by atoms with E-state index in [1.807, 2.05) is 63.2 Å². The van der Waals surface area contributed by atoms with E-state index in [2.05, 4.69) is 31.9 Å². The van der Waals surface area contributed by atoms with Crippen LogP contribution in [0.4, 0.5) is 10.5 Å². The summed E-state index contributed by atoms with van der Waals surface area (Å²) < 4.78 is 6.57. The summed E-state index contributed by atoms with van der Waals surface area (Å²) in [6, 6.07) is 12.7. The third-order valence-electron chi connectivity index (χ3n) is 3.60. The van der Waals surface area contributed by atoms with Crippen molar-refractivity contribution in [2.45, 2.75) is 33.4 Å². The van der Waals surface area contributed by atoms with E-state index >= 15 is 0 Å². The summed E-state index contributed by atoms with van der Waals surface area (Å²) in [4.78, 5) is 23.9. The number of carbonyl (C=O) groups is 2. The van der Waals surface area contributed by atoms with E-state index in [-0.39, 0.29) is 18.6 Å². The molecule has 3 N–H and O–H groups in total. The van der Waals surface area contributed by atoms with Gasteiger partial charge in [0.25, 0.3) is 0 Å². The summed E-state index contributed by atoms with van der Waals surface area (Å²) in [6.45, 7) is 6.04. The van der Waals surface area contributed by atoms with E-state index in [9.17, 15) is 9.59 Å². The van der Waals surface area contributed by atoms with Gasteiger partial charge in [-0.15, -0.1) is 0 Å². The minimum atomic E-state index is -0.409. The predicted octanol–water partition coefficient (Wildman–Crippen LogP) is 3.98. The molecule has 6 nitrogen and oxygen atoms in total. The number of ether oxygens (including phenoxy) is 1.